The molecule has 0 unspecified atom stereocenters. The first kappa shape index (κ1) is 51.1. The molecule has 0 atom stereocenters. The standard InChI is InChI=1S/C48H60N12O8/c1-5-9-65-37-25-13-27-19-34(42(62)58-46(51)52)21-29(38(27)66-10-6-2)15-31-23-36(44(64)60-48(55)56)24-32(40(31)68-12-8-4)16-30-22-35(43(63)59-47(53)54)20-28(39(30)67-11-7-3)14-26(37)18-33(17-25)41(61)57-45(49)50/h17-24H,5-16H2,1-4H3,(H4,49,50,57,61)(H4,51,52,58,62)(H4,53,54,59,63)(H4,55,56,60,64)/p+4. The Kier molecular flexibility index (Phi) is 17.7. The zero-order chi connectivity index (χ0) is 49.7. The van der Waals surface area contributed by atoms with Crippen molar-refractivity contribution in [2.24, 2.45) is 44.4 Å². The summed E-state index contributed by atoms with van der Waals surface area (Å²) in [5, 5.41) is 0. The smallest absolute Gasteiger partial charge is 0.442 e. The Morgan fingerprint density at radius 1 is 0.441 bits per heavy atom. The molecule has 0 fully saturated rings. The summed E-state index contributed by atoms with van der Waals surface area (Å²) in [6, 6.07) is 13.3. The molecule has 0 aliphatic heterocycles. The number of nitrogens with zero attached hydrogens (tertiary/aromatic N) is 2. The molecule has 360 valence electrons. The van der Waals surface area contributed by atoms with Crippen molar-refractivity contribution in [1.82, 2.24) is 0 Å². The number of benzene rings is 4. The van der Waals surface area contributed by atoms with Crippen LogP contribution in [0.25, 0.3) is 0 Å². The van der Waals surface area contributed by atoms with Gasteiger partial charge in [-0.05, 0) is 119 Å². The van der Waals surface area contributed by atoms with Crippen molar-refractivity contribution >= 4 is 47.5 Å². The molecule has 0 aromatic heterocycles. The van der Waals surface area contributed by atoms with Crippen LogP contribution >= 0.6 is 0 Å². The van der Waals surface area contributed by atoms with Crippen LogP contribution in [-0.4, -0.2) is 73.9 Å². The predicted molar refractivity (Wildman–Crippen MR) is 255 cm³/mol. The van der Waals surface area contributed by atoms with Crippen LogP contribution < -0.4 is 74.8 Å². The van der Waals surface area contributed by atoms with Gasteiger partial charge in [0, 0.05) is 36.8 Å². The molecule has 20 nitrogen and oxygen atoms in total. The maximum Gasteiger partial charge on any atom is 0.442 e. The van der Waals surface area contributed by atoms with E-state index >= 15 is 0 Å². The van der Waals surface area contributed by atoms with E-state index in [9.17, 15) is 19.2 Å². The van der Waals surface area contributed by atoms with Crippen LogP contribution in [0.1, 0.15) is 139 Å². The van der Waals surface area contributed by atoms with Crippen LogP contribution in [0.3, 0.4) is 0 Å². The summed E-state index contributed by atoms with van der Waals surface area (Å²) in [5.74, 6) is -1.81. The second kappa shape index (κ2) is 23.6. The van der Waals surface area contributed by atoms with Crippen molar-refractivity contribution < 1.29 is 59.6 Å². The molecule has 20 heteroatoms. The van der Waals surface area contributed by atoms with Crippen LogP contribution in [0.15, 0.2) is 58.5 Å². The van der Waals surface area contributed by atoms with Gasteiger partial charge in [0.25, 0.3) is 11.8 Å². The van der Waals surface area contributed by atoms with Crippen LogP contribution in [0.4, 0.5) is 0 Å². The highest BCUT2D eigenvalue weighted by Crippen LogP contribution is 2.41. The van der Waals surface area contributed by atoms with Crippen LogP contribution in [0, 0.1) is 0 Å². The van der Waals surface area contributed by atoms with Crippen LogP contribution in [0.5, 0.6) is 23.0 Å². The number of rotatable bonds is 16. The van der Waals surface area contributed by atoms with E-state index in [1.165, 1.54) is 0 Å². The van der Waals surface area contributed by atoms with E-state index in [2.05, 4.69) is 31.4 Å². The predicted octanol–water partition coefficient (Wildman–Crippen LogP) is -2.10. The molecule has 0 radical (unpaired) electrons. The number of aliphatic imine (C=N–C) groups is 2. The monoisotopic (exact) mass is 936 g/mol. The maximum atomic E-state index is 13.9. The summed E-state index contributed by atoms with van der Waals surface area (Å²) in [4.78, 5) is 68.5. The average Bonchev–Trinajstić information content (AvgIpc) is 3.26. The number of carbonyl (C=O) groups excluding carboxylic acids is 4. The Hall–Kier alpha value is -7.84. The SMILES string of the molecule is CCCOc1c2cc(C(=O)N=C(N)N)cc1Cc1cc(C(=O)[NH+]=C(N)[NH3+])cc(c1OCCC)Cc1cc(C(=O)[NH+]=C(N)[NH3+])cc(c1OCCC)Cc1cc(C(=O)N=C(N)N)cc(c1OCCC)C2. The lowest BCUT2D eigenvalue weighted by atomic mass is 9.88. The van der Waals surface area contributed by atoms with E-state index in [1.54, 1.807) is 48.5 Å². The molecule has 1 aliphatic rings. The zero-order valence-electron chi connectivity index (χ0n) is 39.1. The fourth-order valence-electron chi connectivity index (χ4n) is 7.76. The average molecular weight is 937 g/mol. The second-order valence-corrected chi connectivity index (χ2v) is 16.2. The lowest BCUT2D eigenvalue weighted by Gasteiger charge is -2.24. The van der Waals surface area contributed by atoms with Gasteiger partial charge in [-0.25, -0.2) is 21.1 Å². The third-order valence-electron chi connectivity index (χ3n) is 10.3. The summed E-state index contributed by atoms with van der Waals surface area (Å²) in [6.45, 7) is 9.00. The molecule has 0 spiro atoms. The van der Waals surface area contributed by atoms with Crippen molar-refractivity contribution in [2.75, 3.05) is 26.4 Å². The molecule has 1 aliphatic carbocycles. The van der Waals surface area contributed by atoms with Gasteiger partial charge in [0.1, 0.15) is 23.0 Å². The number of quaternary nitrogens is 2. The molecule has 68 heavy (non-hydrogen) atoms. The molecule has 0 saturated carbocycles. The van der Waals surface area contributed by atoms with Gasteiger partial charge in [-0.2, -0.15) is 20.0 Å². The molecule has 5 rings (SSSR count). The summed E-state index contributed by atoms with van der Waals surface area (Å²) in [6.07, 6.45) is 2.70. The highest BCUT2D eigenvalue weighted by Gasteiger charge is 2.28. The topological polar surface area (TPSA) is 369 Å². The first-order valence-electron chi connectivity index (χ1n) is 22.4. The highest BCUT2D eigenvalue weighted by atomic mass is 16.5. The first-order valence-corrected chi connectivity index (χ1v) is 22.4. The van der Waals surface area contributed by atoms with E-state index in [-0.39, 0.29) is 73.1 Å². The number of ether oxygens (including phenoxy) is 4. The van der Waals surface area contributed by atoms with Crippen molar-refractivity contribution in [3.05, 3.63) is 115 Å². The van der Waals surface area contributed by atoms with E-state index in [0.29, 0.717) is 106 Å². The maximum absolute atomic E-state index is 13.9. The lowest BCUT2D eigenvalue weighted by Crippen LogP contribution is -2.91. The number of guanidine groups is 4. The number of hydrogen-bond donors (Lipinski definition) is 10. The molecule has 4 aromatic carbocycles. The molecular weight excluding hydrogens is 873 g/mol. The number of carbonyl (C=O) groups is 4. The summed E-state index contributed by atoms with van der Waals surface area (Å²) in [5.41, 5.74) is 47.0. The Balaban J connectivity index is 2.06. The van der Waals surface area contributed by atoms with Crippen LogP contribution in [0.2, 0.25) is 0 Å². The number of nitrogens with two attached hydrogens (primary N) is 6. The Morgan fingerprint density at radius 3 is 0.853 bits per heavy atom. The van der Waals surface area contributed by atoms with Crippen molar-refractivity contribution in [2.45, 2.75) is 79.1 Å². The molecule has 8 bridgehead atoms. The van der Waals surface area contributed by atoms with Crippen molar-refractivity contribution in [3.63, 3.8) is 0 Å². The lowest BCUT2D eigenvalue weighted by molar-refractivity contribution is -0.418. The van der Waals surface area contributed by atoms with Crippen molar-refractivity contribution in [3.8, 4) is 23.0 Å². The van der Waals surface area contributed by atoms with E-state index < -0.39 is 35.5 Å². The van der Waals surface area contributed by atoms with Gasteiger partial charge in [-0.3, -0.25) is 21.1 Å². The van der Waals surface area contributed by atoms with Gasteiger partial charge >= 0.3 is 23.7 Å². The zero-order valence-corrected chi connectivity index (χ0v) is 39.1. The minimum Gasteiger partial charge on any atom is -0.493 e. The number of fused-ring (bicyclic) bond motifs is 8. The fraction of sp³-hybridized carbons (Fsp3) is 0.333. The van der Waals surface area contributed by atoms with Gasteiger partial charge in [0.15, 0.2) is 11.9 Å². The number of hydrogen-bond acceptors (Lipinski definition) is 8. The first-order chi connectivity index (χ1) is 32.5. The molecule has 4 amide bonds. The quantitative estimate of drug-likeness (QED) is 0.0375. The van der Waals surface area contributed by atoms with Gasteiger partial charge < -0.3 is 41.9 Å². The van der Waals surface area contributed by atoms with Crippen molar-refractivity contribution in [1.29, 1.82) is 0 Å². The van der Waals surface area contributed by atoms with Gasteiger partial charge in [0.2, 0.25) is 0 Å². The Bertz CT molecular complexity index is 2240. The Labute approximate surface area is 394 Å². The normalized spacial score (nSPS) is 12.4. The summed E-state index contributed by atoms with van der Waals surface area (Å²) < 4.78 is 26.4. The Morgan fingerprint density at radius 2 is 0.662 bits per heavy atom. The minimum atomic E-state index is -0.724. The van der Waals surface area contributed by atoms with Crippen LogP contribution in [-0.2, 0) is 25.7 Å². The van der Waals surface area contributed by atoms with E-state index in [0.717, 1.165) is 0 Å². The summed E-state index contributed by atoms with van der Waals surface area (Å²) >= 11 is 0. The molecule has 0 saturated heterocycles. The molecular formula is C48H64N12O8+4. The van der Waals surface area contributed by atoms with Gasteiger partial charge in [-0.1, -0.05) is 27.7 Å². The van der Waals surface area contributed by atoms with E-state index in [4.69, 9.17) is 53.3 Å². The van der Waals surface area contributed by atoms with Gasteiger partial charge in [0.05, 0.1) is 37.6 Å². The van der Waals surface area contributed by atoms with E-state index in [1.807, 2.05) is 27.7 Å². The van der Waals surface area contributed by atoms with Gasteiger partial charge in [-0.15, -0.1) is 0 Å². The number of nitrogens with one attached hydrogen (secondary N) is 2. The largest absolute Gasteiger partial charge is 0.493 e. The number of amides is 4. The third-order valence-corrected chi connectivity index (χ3v) is 10.3. The third kappa shape index (κ3) is 13.2. The second-order valence-electron chi connectivity index (χ2n) is 16.2. The fourth-order valence-corrected chi connectivity index (χ4v) is 7.76. The molecule has 0 heterocycles. The summed E-state index contributed by atoms with van der Waals surface area (Å²) in [7, 11) is 0. The molecule has 4 aromatic rings. The minimum absolute atomic E-state index is 0.0287. The molecule has 20 N–H and O–H groups in total. The highest BCUT2D eigenvalue weighted by molar-refractivity contribution is 6.03.